The summed E-state index contributed by atoms with van der Waals surface area (Å²) in [4.78, 5) is 7.17. The molecule has 0 fully saturated rings. The van der Waals surface area contributed by atoms with Crippen LogP contribution >= 0.6 is 23.1 Å². The lowest BCUT2D eigenvalue weighted by Crippen LogP contribution is -2.09. The van der Waals surface area contributed by atoms with Crippen LogP contribution in [0.5, 0.6) is 0 Å². The molecule has 0 atom stereocenters. The SMILES string of the molecule is CC.CCc1ccc(C=NCCSC(C)(C)C)s1. The number of hydrogen-bond acceptors (Lipinski definition) is 3. The molecule has 1 nitrogen and oxygen atoms in total. The Morgan fingerprint density at radius 2 is 1.94 bits per heavy atom. The second-order valence-corrected chi connectivity index (χ2v) is 7.78. The summed E-state index contributed by atoms with van der Waals surface area (Å²) in [5, 5.41) is 0. The van der Waals surface area contributed by atoms with Gasteiger partial charge < -0.3 is 0 Å². The van der Waals surface area contributed by atoms with Crippen LogP contribution in [0.3, 0.4) is 0 Å². The highest BCUT2D eigenvalue weighted by atomic mass is 32.2. The maximum atomic E-state index is 4.46. The Kier molecular flexibility index (Phi) is 9.47. The van der Waals surface area contributed by atoms with Crippen LogP contribution in [-0.2, 0) is 6.42 Å². The maximum Gasteiger partial charge on any atom is 0.0480 e. The molecule has 0 bridgehead atoms. The van der Waals surface area contributed by atoms with Crippen LogP contribution in [-0.4, -0.2) is 23.3 Å². The van der Waals surface area contributed by atoms with E-state index < -0.39 is 0 Å². The molecule has 0 saturated carbocycles. The van der Waals surface area contributed by atoms with Gasteiger partial charge in [-0.3, -0.25) is 4.99 Å². The summed E-state index contributed by atoms with van der Waals surface area (Å²) in [5.41, 5.74) is 0. The summed E-state index contributed by atoms with van der Waals surface area (Å²) < 4.78 is 0.355. The number of rotatable bonds is 5. The summed E-state index contributed by atoms with van der Waals surface area (Å²) in [7, 11) is 0. The lowest BCUT2D eigenvalue weighted by atomic mass is 10.3. The minimum atomic E-state index is 0.355. The molecule has 0 spiro atoms. The molecule has 1 rings (SSSR count). The van der Waals surface area contributed by atoms with Gasteiger partial charge in [0.1, 0.15) is 0 Å². The van der Waals surface area contributed by atoms with Crippen LogP contribution in [0, 0.1) is 0 Å². The van der Waals surface area contributed by atoms with E-state index in [1.165, 1.54) is 9.75 Å². The minimum Gasteiger partial charge on any atom is -0.291 e. The van der Waals surface area contributed by atoms with Crippen molar-refractivity contribution in [1.82, 2.24) is 0 Å². The predicted molar refractivity (Wildman–Crippen MR) is 89.7 cm³/mol. The van der Waals surface area contributed by atoms with Gasteiger partial charge in [0.05, 0.1) is 0 Å². The summed E-state index contributed by atoms with van der Waals surface area (Å²) in [5.74, 6) is 1.10. The van der Waals surface area contributed by atoms with E-state index in [2.05, 4.69) is 44.8 Å². The third-order valence-electron chi connectivity index (χ3n) is 2.00. The van der Waals surface area contributed by atoms with Gasteiger partial charge in [-0.1, -0.05) is 41.5 Å². The first-order valence-corrected chi connectivity index (χ1v) is 8.54. The van der Waals surface area contributed by atoms with Gasteiger partial charge in [0, 0.05) is 33.0 Å². The first-order valence-electron chi connectivity index (χ1n) is 6.74. The van der Waals surface area contributed by atoms with Crippen LogP contribution in [0.1, 0.15) is 51.3 Å². The maximum absolute atomic E-state index is 4.46. The molecular formula is C15H27NS2. The van der Waals surface area contributed by atoms with Crippen molar-refractivity contribution in [1.29, 1.82) is 0 Å². The van der Waals surface area contributed by atoms with Gasteiger partial charge >= 0.3 is 0 Å². The van der Waals surface area contributed by atoms with Crippen molar-refractivity contribution in [3.63, 3.8) is 0 Å². The van der Waals surface area contributed by atoms with E-state index in [-0.39, 0.29) is 0 Å². The first kappa shape index (κ1) is 17.7. The molecule has 1 aromatic rings. The highest BCUT2D eigenvalue weighted by Gasteiger charge is 2.08. The van der Waals surface area contributed by atoms with Crippen molar-refractivity contribution in [2.75, 3.05) is 12.3 Å². The van der Waals surface area contributed by atoms with Crippen molar-refractivity contribution in [3.05, 3.63) is 21.9 Å². The number of aliphatic imine (C=N–C) groups is 1. The lowest BCUT2D eigenvalue weighted by Gasteiger charge is -2.16. The molecule has 0 amide bonds. The topological polar surface area (TPSA) is 12.4 Å². The molecule has 0 aliphatic heterocycles. The highest BCUT2D eigenvalue weighted by Crippen LogP contribution is 2.22. The predicted octanol–water partition coefficient (Wildman–Crippen LogP) is 5.29. The molecule has 1 heterocycles. The van der Waals surface area contributed by atoms with E-state index in [1.54, 1.807) is 0 Å². The van der Waals surface area contributed by atoms with E-state index in [9.17, 15) is 0 Å². The van der Waals surface area contributed by atoms with E-state index in [0.29, 0.717) is 4.75 Å². The van der Waals surface area contributed by atoms with Crippen LogP contribution < -0.4 is 0 Å². The highest BCUT2D eigenvalue weighted by molar-refractivity contribution is 8.00. The number of aryl methyl sites for hydroxylation is 1. The second kappa shape index (κ2) is 9.62. The molecule has 0 aromatic carbocycles. The van der Waals surface area contributed by atoms with Crippen molar-refractivity contribution in [3.8, 4) is 0 Å². The second-order valence-electron chi connectivity index (χ2n) is 4.65. The van der Waals surface area contributed by atoms with Crippen molar-refractivity contribution in [2.45, 2.75) is 52.7 Å². The van der Waals surface area contributed by atoms with Crippen molar-refractivity contribution in [2.24, 2.45) is 4.99 Å². The molecule has 0 aliphatic carbocycles. The minimum absolute atomic E-state index is 0.355. The van der Waals surface area contributed by atoms with E-state index in [1.807, 2.05) is 43.2 Å². The molecule has 0 N–H and O–H groups in total. The van der Waals surface area contributed by atoms with Crippen LogP contribution in [0.15, 0.2) is 17.1 Å². The molecular weight excluding hydrogens is 258 g/mol. The van der Waals surface area contributed by atoms with Crippen molar-refractivity contribution < 1.29 is 0 Å². The van der Waals surface area contributed by atoms with Gasteiger partial charge in [-0.2, -0.15) is 11.8 Å². The van der Waals surface area contributed by atoms with Crippen molar-refractivity contribution >= 4 is 29.3 Å². The zero-order valence-corrected chi connectivity index (χ0v) is 14.3. The van der Waals surface area contributed by atoms with Crippen LogP contribution in [0.2, 0.25) is 0 Å². The number of nitrogens with zero attached hydrogens (tertiary/aromatic N) is 1. The smallest absolute Gasteiger partial charge is 0.0480 e. The van der Waals surface area contributed by atoms with Crippen LogP contribution in [0.4, 0.5) is 0 Å². The summed E-state index contributed by atoms with van der Waals surface area (Å²) >= 11 is 3.81. The summed E-state index contributed by atoms with van der Waals surface area (Å²) in [6.45, 7) is 13.8. The van der Waals surface area contributed by atoms with Gasteiger partial charge in [-0.05, 0) is 18.6 Å². The molecule has 18 heavy (non-hydrogen) atoms. The third-order valence-corrected chi connectivity index (χ3v) is 4.42. The quantitative estimate of drug-likeness (QED) is 0.529. The zero-order chi connectivity index (χ0) is 14.0. The number of hydrogen-bond donors (Lipinski definition) is 0. The van der Waals surface area contributed by atoms with Gasteiger partial charge in [0.25, 0.3) is 0 Å². The van der Waals surface area contributed by atoms with E-state index >= 15 is 0 Å². The number of thioether (sulfide) groups is 1. The lowest BCUT2D eigenvalue weighted by molar-refractivity contribution is 0.802. The normalized spacial score (nSPS) is 11.4. The molecule has 0 radical (unpaired) electrons. The average molecular weight is 286 g/mol. The fourth-order valence-corrected chi connectivity index (χ4v) is 2.87. The fraction of sp³-hybridized carbons (Fsp3) is 0.667. The van der Waals surface area contributed by atoms with Gasteiger partial charge in [-0.25, -0.2) is 0 Å². The van der Waals surface area contributed by atoms with Crippen LogP contribution in [0.25, 0.3) is 0 Å². The Morgan fingerprint density at radius 3 is 2.44 bits per heavy atom. The summed E-state index contributed by atoms with van der Waals surface area (Å²) in [6.07, 6.45) is 3.13. The average Bonchev–Trinajstić information content (AvgIpc) is 2.78. The molecule has 1 aromatic heterocycles. The molecule has 0 aliphatic rings. The first-order chi connectivity index (χ1) is 8.51. The Balaban J connectivity index is 0.00000137. The van der Waals surface area contributed by atoms with Gasteiger partial charge in [0.15, 0.2) is 0 Å². The zero-order valence-electron chi connectivity index (χ0n) is 12.6. The third kappa shape index (κ3) is 8.76. The van der Waals surface area contributed by atoms with Gasteiger partial charge in [0.2, 0.25) is 0 Å². The number of thiophene rings is 1. The standard InChI is InChI=1S/C13H21NS2.C2H6/c1-5-11-6-7-12(16-11)10-14-8-9-15-13(2,3)4;1-2/h6-7,10H,5,8-9H2,1-4H3;1-2H3. The Bertz CT molecular complexity index is 335. The van der Waals surface area contributed by atoms with Gasteiger partial charge in [-0.15, -0.1) is 11.3 Å². The molecule has 104 valence electrons. The Labute approximate surface area is 121 Å². The summed E-state index contributed by atoms with van der Waals surface area (Å²) in [6, 6.07) is 4.35. The molecule has 0 saturated heterocycles. The Hall–Kier alpha value is -0.280. The molecule has 0 unspecified atom stereocenters. The van der Waals surface area contributed by atoms with E-state index in [0.717, 1.165) is 18.7 Å². The fourth-order valence-electron chi connectivity index (χ4n) is 1.21. The monoisotopic (exact) mass is 285 g/mol. The Morgan fingerprint density at radius 1 is 1.28 bits per heavy atom. The van der Waals surface area contributed by atoms with E-state index in [4.69, 9.17) is 0 Å². The molecule has 3 heteroatoms. The largest absolute Gasteiger partial charge is 0.291 e.